The van der Waals surface area contributed by atoms with Crippen LogP contribution < -0.4 is 0 Å². The van der Waals surface area contributed by atoms with Crippen LogP contribution in [-0.4, -0.2) is 18.0 Å². The lowest BCUT2D eigenvalue weighted by molar-refractivity contribution is 0.0980. The smallest absolute Gasteiger partial charge is 0.0576 e. The molecule has 0 aromatic carbocycles. The lowest BCUT2D eigenvalue weighted by atomic mass is 9.93. The van der Waals surface area contributed by atoms with Crippen LogP contribution in [0.4, 0.5) is 0 Å². The molecule has 1 rings (SSSR count). The summed E-state index contributed by atoms with van der Waals surface area (Å²) in [5.41, 5.74) is 0. The maximum absolute atomic E-state index is 5.64. The highest BCUT2D eigenvalue weighted by Gasteiger charge is 2.17. The molecule has 2 unspecified atom stereocenters. The Morgan fingerprint density at radius 3 is 2.71 bits per heavy atom. The Balaban J connectivity index is 2.12. The molecule has 0 spiro atoms. The van der Waals surface area contributed by atoms with E-state index in [0.717, 1.165) is 23.8 Å². The molecule has 1 nitrogen and oxygen atoms in total. The van der Waals surface area contributed by atoms with Crippen LogP contribution in [0.1, 0.15) is 46.0 Å². The normalized spacial score (nSPS) is 24.4. The molecule has 1 aliphatic heterocycles. The first kappa shape index (κ1) is 12.5. The Labute approximate surface area is 96.7 Å². The fraction of sp³-hybridized carbons (Fsp3) is 1.00. The minimum Gasteiger partial charge on any atom is -0.378 e. The largest absolute Gasteiger partial charge is 0.378 e. The van der Waals surface area contributed by atoms with Crippen LogP contribution in [0, 0.1) is 11.8 Å². The molecule has 0 N–H and O–H groups in total. The molecular formula is C12H23BrO. The maximum Gasteiger partial charge on any atom is 0.0576 e. The van der Waals surface area contributed by atoms with Gasteiger partial charge in [-0.1, -0.05) is 29.8 Å². The third-order valence-corrected chi connectivity index (χ3v) is 3.86. The zero-order valence-electron chi connectivity index (χ0n) is 9.47. The predicted octanol–water partition coefficient (Wildman–Crippen LogP) is 4.00. The lowest BCUT2D eigenvalue weighted by Gasteiger charge is -2.18. The van der Waals surface area contributed by atoms with Crippen molar-refractivity contribution in [3.05, 3.63) is 0 Å². The van der Waals surface area contributed by atoms with E-state index in [1.165, 1.54) is 32.1 Å². The molecule has 0 saturated carbocycles. The van der Waals surface area contributed by atoms with Crippen molar-refractivity contribution in [3.8, 4) is 0 Å². The minimum atomic E-state index is 0.573. The number of ether oxygens (including phenoxy) is 1. The van der Waals surface area contributed by atoms with E-state index in [-0.39, 0.29) is 0 Å². The van der Waals surface area contributed by atoms with Crippen molar-refractivity contribution in [3.63, 3.8) is 0 Å². The number of halogens is 1. The molecule has 0 aliphatic carbocycles. The van der Waals surface area contributed by atoms with E-state index < -0.39 is 0 Å². The van der Waals surface area contributed by atoms with Gasteiger partial charge < -0.3 is 4.74 Å². The van der Waals surface area contributed by atoms with Gasteiger partial charge in [-0.15, -0.1) is 0 Å². The molecule has 14 heavy (non-hydrogen) atoms. The quantitative estimate of drug-likeness (QED) is 0.658. The maximum atomic E-state index is 5.64. The molecule has 0 amide bonds. The fourth-order valence-corrected chi connectivity index (χ4v) is 2.81. The van der Waals surface area contributed by atoms with Gasteiger partial charge in [0.1, 0.15) is 0 Å². The highest BCUT2D eigenvalue weighted by atomic mass is 79.9. The monoisotopic (exact) mass is 262 g/mol. The Kier molecular flexibility index (Phi) is 6.11. The molecule has 2 heteroatoms. The average Bonchev–Trinajstić information content (AvgIpc) is 2.64. The van der Waals surface area contributed by atoms with Crippen LogP contribution in [0.3, 0.4) is 0 Å². The second-order valence-corrected chi connectivity index (χ2v) is 5.51. The molecule has 0 aromatic rings. The van der Waals surface area contributed by atoms with E-state index in [9.17, 15) is 0 Å². The fourth-order valence-electron chi connectivity index (χ4n) is 2.22. The Morgan fingerprint density at radius 2 is 2.21 bits per heavy atom. The third-order valence-electron chi connectivity index (χ3n) is 2.94. The standard InChI is InChI=1S/C12H23BrO/c1-10(2)8-11(9-13)5-6-12-4-3-7-14-12/h10-12H,3-9H2,1-2H3. The highest BCUT2D eigenvalue weighted by Crippen LogP contribution is 2.24. The Hall–Kier alpha value is 0.440. The summed E-state index contributed by atoms with van der Waals surface area (Å²) in [6.45, 7) is 5.61. The lowest BCUT2D eigenvalue weighted by Crippen LogP contribution is -2.11. The summed E-state index contributed by atoms with van der Waals surface area (Å²) >= 11 is 3.61. The van der Waals surface area contributed by atoms with Gasteiger partial charge in [-0.3, -0.25) is 0 Å². The van der Waals surface area contributed by atoms with Crippen LogP contribution in [0.15, 0.2) is 0 Å². The van der Waals surface area contributed by atoms with Crippen molar-refractivity contribution in [2.75, 3.05) is 11.9 Å². The van der Waals surface area contributed by atoms with Crippen LogP contribution in [0.25, 0.3) is 0 Å². The Bertz CT molecular complexity index is 141. The first-order valence-electron chi connectivity index (χ1n) is 5.90. The van der Waals surface area contributed by atoms with Crippen LogP contribution >= 0.6 is 15.9 Å². The molecule has 1 heterocycles. The first-order chi connectivity index (χ1) is 6.72. The van der Waals surface area contributed by atoms with Gasteiger partial charge >= 0.3 is 0 Å². The average molecular weight is 263 g/mol. The molecule has 2 atom stereocenters. The van der Waals surface area contributed by atoms with Crippen molar-refractivity contribution in [1.82, 2.24) is 0 Å². The summed E-state index contributed by atoms with van der Waals surface area (Å²) in [5.74, 6) is 1.67. The molecule has 0 aromatic heterocycles. The zero-order chi connectivity index (χ0) is 10.4. The van der Waals surface area contributed by atoms with Crippen molar-refractivity contribution in [2.45, 2.75) is 52.1 Å². The minimum absolute atomic E-state index is 0.573. The van der Waals surface area contributed by atoms with Gasteiger partial charge in [0.2, 0.25) is 0 Å². The van der Waals surface area contributed by atoms with E-state index in [0.29, 0.717) is 6.10 Å². The second kappa shape index (κ2) is 6.84. The van der Waals surface area contributed by atoms with Crippen molar-refractivity contribution in [2.24, 2.45) is 11.8 Å². The van der Waals surface area contributed by atoms with Crippen molar-refractivity contribution >= 4 is 15.9 Å². The summed E-state index contributed by atoms with van der Waals surface area (Å²) in [6.07, 6.45) is 7.07. The summed E-state index contributed by atoms with van der Waals surface area (Å²) in [5, 5.41) is 1.15. The first-order valence-corrected chi connectivity index (χ1v) is 7.02. The van der Waals surface area contributed by atoms with Crippen LogP contribution in [0.2, 0.25) is 0 Å². The predicted molar refractivity (Wildman–Crippen MR) is 64.9 cm³/mol. The molecule has 1 aliphatic rings. The van der Waals surface area contributed by atoms with E-state index in [2.05, 4.69) is 29.8 Å². The topological polar surface area (TPSA) is 9.23 Å². The number of rotatable bonds is 6. The van der Waals surface area contributed by atoms with Crippen LogP contribution in [-0.2, 0) is 4.74 Å². The van der Waals surface area contributed by atoms with Gasteiger partial charge in [0.25, 0.3) is 0 Å². The Morgan fingerprint density at radius 1 is 1.43 bits per heavy atom. The third kappa shape index (κ3) is 4.79. The van der Waals surface area contributed by atoms with E-state index in [4.69, 9.17) is 4.74 Å². The van der Waals surface area contributed by atoms with E-state index in [1.54, 1.807) is 0 Å². The molecule has 0 bridgehead atoms. The summed E-state index contributed by atoms with van der Waals surface area (Å²) in [7, 11) is 0. The SMILES string of the molecule is CC(C)CC(CBr)CCC1CCCO1. The van der Waals surface area contributed by atoms with Gasteiger partial charge in [-0.2, -0.15) is 0 Å². The van der Waals surface area contributed by atoms with Gasteiger partial charge in [-0.25, -0.2) is 0 Å². The van der Waals surface area contributed by atoms with Gasteiger partial charge in [0.15, 0.2) is 0 Å². The second-order valence-electron chi connectivity index (χ2n) is 4.86. The molecule has 0 radical (unpaired) electrons. The molecule has 1 fully saturated rings. The summed E-state index contributed by atoms with van der Waals surface area (Å²) in [4.78, 5) is 0. The van der Waals surface area contributed by atoms with Crippen molar-refractivity contribution in [1.29, 1.82) is 0 Å². The summed E-state index contributed by atoms with van der Waals surface area (Å²) < 4.78 is 5.64. The number of hydrogen-bond acceptors (Lipinski definition) is 1. The highest BCUT2D eigenvalue weighted by molar-refractivity contribution is 9.09. The molecule has 1 saturated heterocycles. The van der Waals surface area contributed by atoms with E-state index in [1.807, 2.05) is 0 Å². The van der Waals surface area contributed by atoms with Gasteiger partial charge in [0.05, 0.1) is 6.10 Å². The van der Waals surface area contributed by atoms with Crippen LogP contribution in [0.5, 0.6) is 0 Å². The zero-order valence-corrected chi connectivity index (χ0v) is 11.1. The van der Waals surface area contributed by atoms with E-state index >= 15 is 0 Å². The summed E-state index contributed by atoms with van der Waals surface area (Å²) in [6, 6.07) is 0. The van der Waals surface area contributed by atoms with Gasteiger partial charge in [0, 0.05) is 11.9 Å². The molecule has 84 valence electrons. The van der Waals surface area contributed by atoms with Gasteiger partial charge in [-0.05, 0) is 43.9 Å². The number of alkyl halides is 1. The number of hydrogen-bond donors (Lipinski definition) is 0. The van der Waals surface area contributed by atoms with Crippen molar-refractivity contribution < 1.29 is 4.74 Å². The molecular weight excluding hydrogens is 240 g/mol.